The van der Waals surface area contributed by atoms with Crippen LogP contribution in [0.25, 0.3) is 0 Å². The van der Waals surface area contributed by atoms with Crippen LogP contribution >= 0.6 is 0 Å². The van der Waals surface area contributed by atoms with Gasteiger partial charge in [0.05, 0.1) is 0 Å². The van der Waals surface area contributed by atoms with Gasteiger partial charge in [-0.05, 0) is 57.8 Å². The lowest BCUT2D eigenvalue weighted by Gasteiger charge is -2.18. The molecule has 0 saturated carbocycles. The van der Waals surface area contributed by atoms with E-state index in [1.165, 1.54) is 276 Å². The maximum atomic E-state index is 12.9. The van der Waals surface area contributed by atoms with Crippen LogP contribution in [-0.2, 0) is 28.6 Å². The number of carbonyl (C=O) groups is 3. The van der Waals surface area contributed by atoms with Crippen molar-refractivity contribution in [2.75, 3.05) is 13.2 Å². The average molecular weight is 1110 g/mol. The van der Waals surface area contributed by atoms with Gasteiger partial charge in [-0.3, -0.25) is 14.4 Å². The molecule has 0 rings (SSSR count). The first kappa shape index (κ1) is 76.6. The molecule has 0 radical (unpaired) electrons. The molecule has 0 aliphatic heterocycles. The summed E-state index contributed by atoms with van der Waals surface area (Å²) in [4.78, 5) is 38.3. The van der Waals surface area contributed by atoms with E-state index < -0.39 is 6.10 Å². The maximum Gasteiger partial charge on any atom is 0.306 e. The Labute approximate surface area is 493 Å². The molecule has 0 aliphatic carbocycles. The summed E-state index contributed by atoms with van der Waals surface area (Å²) >= 11 is 0. The first-order chi connectivity index (χ1) is 39.0. The third-order valence-electron chi connectivity index (χ3n) is 16.1. The van der Waals surface area contributed by atoms with Crippen molar-refractivity contribution >= 4 is 17.9 Å². The second kappa shape index (κ2) is 68.1. The minimum absolute atomic E-state index is 0.0697. The monoisotopic (exact) mass is 1110 g/mol. The highest BCUT2D eigenvalue weighted by molar-refractivity contribution is 5.71. The van der Waals surface area contributed by atoms with Gasteiger partial charge in [0, 0.05) is 19.3 Å². The fraction of sp³-hybridized carbons (Fsp3) is 0.877. The van der Waals surface area contributed by atoms with Gasteiger partial charge in [-0.15, -0.1) is 0 Å². The number of allylic oxidation sites excluding steroid dienone is 6. The van der Waals surface area contributed by atoms with Gasteiger partial charge in [-0.25, -0.2) is 0 Å². The van der Waals surface area contributed by atoms with Crippen LogP contribution in [0.15, 0.2) is 36.5 Å². The van der Waals surface area contributed by atoms with E-state index in [9.17, 15) is 14.4 Å². The highest BCUT2D eigenvalue weighted by atomic mass is 16.6. The number of rotatable bonds is 66. The summed E-state index contributed by atoms with van der Waals surface area (Å²) in [7, 11) is 0. The number of esters is 3. The van der Waals surface area contributed by atoms with Crippen LogP contribution in [0.2, 0.25) is 0 Å². The molecule has 0 bridgehead atoms. The molecular weight excluding hydrogens is 973 g/mol. The zero-order valence-electron chi connectivity index (χ0n) is 53.4. The van der Waals surface area contributed by atoms with Crippen molar-refractivity contribution in [3.05, 3.63) is 36.5 Å². The topological polar surface area (TPSA) is 78.9 Å². The Balaban J connectivity index is 4.14. The quantitative estimate of drug-likeness (QED) is 0.0261. The standard InChI is InChI=1S/C73H136O6/c1-4-7-10-13-16-19-22-24-26-28-30-32-34-35-36-37-38-40-41-43-45-47-49-51-54-57-60-63-66-72(75)78-69-70(68-77-71(74)65-62-59-56-53-21-18-15-12-9-6-3)79-73(76)67-64-61-58-55-52-50-48-46-44-42-39-33-31-29-27-25-23-20-17-14-11-8-5-2/h23,25,29,31,39,42,70H,4-22,24,26-28,30,32-38,40-41,43-69H2,1-3H3/b25-23-,31-29-,42-39-. The molecule has 0 aromatic rings. The van der Waals surface area contributed by atoms with E-state index in [4.69, 9.17) is 14.2 Å². The van der Waals surface area contributed by atoms with Crippen molar-refractivity contribution in [1.82, 2.24) is 0 Å². The normalized spacial score (nSPS) is 12.2. The van der Waals surface area contributed by atoms with Gasteiger partial charge in [0.2, 0.25) is 0 Å². The summed E-state index contributed by atoms with van der Waals surface area (Å²) in [6.07, 6.45) is 84.7. The van der Waals surface area contributed by atoms with Crippen molar-refractivity contribution in [2.24, 2.45) is 0 Å². The van der Waals surface area contributed by atoms with E-state index in [-0.39, 0.29) is 31.1 Å². The summed E-state index contributed by atoms with van der Waals surface area (Å²) in [6.45, 7) is 6.68. The molecule has 0 N–H and O–H groups in total. The smallest absolute Gasteiger partial charge is 0.306 e. The molecule has 0 heterocycles. The van der Waals surface area contributed by atoms with Crippen LogP contribution < -0.4 is 0 Å². The van der Waals surface area contributed by atoms with Crippen molar-refractivity contribution in [3.63, 3.8) is 0 Å². The van der Waals surface area contributed by atoms with Gasteiger partial charge in [0.25, 0.3) is 0 Å². The molecule has 0 aromatic carbocycles. The number of carbonyl (C=O) groups excluding carboxylic acids is 3. The van der Waals surface area contributed by atoms with Crippen LogP contribution in [0.3, 0.4) is 0 Å². The van der Waals surface area contributed by atoms with E-state index in [1.807, 2.05) is 0 Å². The number of unbranched alkanes of at least 4 members (excludes halogenated alkanes) is 49. The third-order valence-corrected chi connectivity index (χ3v) is 16.1. The lowest BCUT2D eigenvalue weighted by atomic mass is 10.0. The van der Waals surface area contributed by atoms with Crippen molar-refractivity contribution in [1.29, 1.82) is 0 Å². The molecule has 0 fully saturated rings. The third kappa shape index (κ3) is 66.3. The van der Waals surface area contributed by atoms with Gasteiger partial charge in [0.1, 0.15) is 13.2 Å². The molecule has 464 valence electrons. The highest BCUT2D eigenvalue weighted by Crippen LogP contribution is 2.19. The Kier molecular flexibility index (Phi) is 66.1. The molecule has 0 amide bonds. The van der Waals surface area contributed by atoms with Gasteiger partial charge in [0.15, 0.2) is 6.10 Å². The Morgan fingerprint density at radius 2 is 0.456 bits per heavy atom. The molecule has 0 aromatic heterocycles. The molecule has 0 spiro atoms. The predicted molar refractivity (Wildman–Crippen MR) is 344 cm³/mol. The Morgan fingerprint density at radius 3 is 0.709 bits per heavy atom. The largest absolute Gasteiger partial charge is 0.462 e. The minimum Gasteiger partial charge on any atom is -0.462 e. The average Bonchev–Trinajstić information content (AvgIpc) is 3.45. The zero-order valence-corrected chi connectivity index (χ0v) is 53.4. The minimum atomic E-state index is -0.773. The Morgan fingerprint density at radius 1 is 0.253 bits per heavy atom. The van der Waals surface area contributed by atoms with Gasteiger partial charge < -0.3 is 14.2 Å². The van der Waals surface area contributed by atoms with E-state index in [0.29, 0.717) is 19.3 Å². The molecular formula is C73H136O6. The van der Waals surface area contributed by atoms with Crippen molar-refractivity contribution in [3.8, 4) is 0 Å². The second-order valence-electron chi connectivity index (χ2n) is 24.2. The molecule has 0 aliphatic rings. The lowest BCUT2D eigenvalue weighted by molar-refractivity contribution is -0.167. The summed E-state index contributed by atoms with van der Waals surface area (Å²) in [5.74, 6) is -0.852. The fourth-order valence-electron chi connectivity index (χ4n) is 10.8. The fourth-order valence-corrected chi connectivity index (χ4v) is 10.8. The van der Waals surface area contributed by atoms with Gasteiger partial charge >= 0.3 is 17.9 Å². The summed E-state index contributed by atoms with van der Waals surface area (Å²) in [5.41, 5.74) is 0. The zero-order chi connectivity index (χ0) is 57.1. The second-order valence-corrected chi connectivity index (χ2v) is 24.2. The summed E-state index contributed by atoms with van der Waals surface area (Å²) in [6, 6.07) is 0. The number of ether oxygens (including phenoxy) is 3. The molecule has 6 nitrogen and oxygen atoms in total. The lowest BCUT2D eigenvalue weighted by Crippen LogP contribution is -2.30. The van der Waals surface area contributed by atoms with Crippen LogP contribution in [0, 0.1) is 0 Å². The summed E-state index contributed by atoms with van der Waals surface area (Å²) in [5, 5.41) is 0. The Bertz CT molecular complexity index is 1320. The number of hydrogen-bond donors (Lipinski definition) is 0. The molecule has 1 unspecified atom stereocenters. The number of hydrogen-bond acceptors (Lipinski definition) is 6. The van der Waals surface area contributed by atoms with Gasteiger partial charge in [-0.2, -0.15) is 0 Å². The van der Waals surface area contributed by atoms with E-state index in [0.717, 1.165) is 77.0 Å². The first-order valence-corrected chi connectivity index (χ1v) is 35.5. The van der Waals surface area contributed by atoms with E-state index in [1.54, 1.807) is 0 Å². The molecule has 79 heavy (non-hydrogen) atoms. The van der Waals surface area contributed by atoms with E-state index in [2.05, 4.69) is 57.2 Å². The highest BCUT2D eigenvalue weighted by Gasteiger charge is 2.19. The predicted octanol–water partition coefficient (Wildman–Crippen LogP) is 24.3. The first-order valence-electron chi connectivity index (χ1n) is 35.5. The van der Waals surface area contributed by atoms with Crippen LogP contribution in [0.4, 0.5) is 0 Å². The maximum absolute atomic E-state index is 12.9. The Hall–Kier alpha value is -2.37. The summed E-state index contributed by atoms with van der Waals surface area (Å²) < 4.78 is 16.9. The van der Waals surface area contributed by atoms with Gasteiger partial charge in [-0.1, -0.05) is 353 Å². The molecule has 6 heteroatoms. The van der Waals surface area contributed by atoms with Crippen molar-refractivity contribution < 1.29 is 28.6 Å². The molecule has 1 atom stereocenters. The van der Waals surface area contributed by atoms with Crippen LogP contribution in [-0.4, -0.2) is 37.2 Å². The van der Waals surface area contributed by atoms with Crippen molar-refractivity contribution in [2.45, 2.75) is 399 Å². The van der Waals surface area contributed by atoms with Crippen LogP contribution in [0.1, 0.15) is 393 Å². The SMILES string of the molecule is CCCCCCC/C=C\C/C=C\C/C=C\CCCCCCCCCCC(=O)OC(COC(=O)CCCCCCCCCCCC)COC(=O)CCCCCCCCCCCCCCCCCCCCCCCCCCCCCC. The van der Waals surface area contributed by atoms with E-state index >= 15 is 0 Å². The van der Waals surface area contributed by atoms with Crippen LogP contribution in [0.5, 0.6) is 0 Å². The molecule has 0 saturated heterocycles.